The molecule has 1 saturated carbocycles. The van der Waals surface area contributed by atoms with Crippen LogP contribution in [0.25, 0.3) is 0 Å². The second-order valence-corrected chi connectivity index (χ2v) is 8.47. The molecular formula is C28H32O4. The summed E-state index contributed by atoms with van der Waals surface area (Å²) in [7, 11) is 0. The summed E-state index contributed by atoms with van der Waals surface area (Å²) in [5.74, 6) is 0.861. The molecular weight excluding hydrogens is 400 g/mol. The topological polar surface area (TPSA) is 52.6 Å². The second-order valence-electron chi connectivity index (χ2n) is 8.47. The van der Waals surface area contributed by atoms with Gasteiger partial charge in [0.2, 0.25) is 0 Å². The van der Waals surface area contributed by atoms with Crippen LogP contribution in [0.2, 0.25) is 0 Å². The number of rotatable bonds is 9. The lowest BCUT2D eigenvalue weighted by atomic mass is 9.62. The minimum absolute atomic E-state index is 0.120. The molecule has 1 aliphatic carbocycles. The molecule has 0 radical (unpaired) electrons. The molecule has 3 rings (SSSR count). The van der Waals surface area contributed by atoms with Gasteiger partial charge in [-0.15, -0.1) is 0 Å². The highest BCUT2D eigenvalue weighted by atomic mass is 16.5. The first kappa shape index (κ1) is 23.5. The van der Waals surface area contributed by atoms with Crippen molar-refractivity contribution in [3.8, 4) is 11.5 Å². The normalized spacial score (nSPS) is 15.5. The van der Waals surface area contributed by atoms with E-state index in [4.69, 9.17) is 9.47 Å². The first-order valence-corrected chi connectivity index (χ1v) is 11.4. The van der Waals surface area contributed by atoms with Crippen molar-refractivity contribution in [2.75, 3.05) is 0 Å². The summed E-state index contributed by atoms with van der Waals surface area (Å²) in [6, 6.07) is 15.6. The van der Waals surface area contributed by atoms with E-state index in [0.717, 1.165) is 30.9 Å². The highest BCUT2D eigenvalue weighted by Gasteiger charge is 2.38. The zero-order valence-corrected chi connectivity index (χ0v) is 18.8. The molecule has 4 heteroatoms. The van der Waals surface area contributed by atoms with Crippen LogP contribution >= 0.6 is 0 Å². The van der Waals surface area contributed by atoms with Gasteiger partial charge in [-0.1, -0.05) is 63.6 Å². The lowest BCUT2D eigenvalue weighted by Gasteiger charge is -2.41. The molecule has 0 saturated heterocycles. The maximum atomic E-state index is 11.5. The number of hydrogen-bond donors (Lipinski definition) is 0. The van der Waals surface area contributed by atoms with Crippen molar-refractivity contribution in [3.05, 3.63) is 85.0 Å². The van der Waals surface area contributed by atoms with Crippen molar-refractivity contribution < 1.29 is 19.1 Å². The Morgan fingerprint density at radius 3 is 1.69 bits per heavy atom. The summed E-state index contributed by atoms with van der Waals surface area (Å²) in [6.45, 7) is 9.14. The van der Waals surface area contributed by atoms with Crippen molar-refractivity contribution in [3.63, 3.8) is 0 Å². The van der Waals surface area contributed by atoms with Crippen LogP contribution in [0.15, 0.2) is 73.8 Å². The maximum Gasteiger partial charge on any atom is 0.335 e. The van der Waals surface area contributed by atoms with Gasteiger partial charge in [-0.3, -0.25) is 0 Å². The highest BCUT2D eigenvalue weighted by Crippen LogP contribution is 2.48. The molecule has 2 aromatic carbocycles. The minimum atomic E-state index is -0.464. The zero-order valence-electron chi connectivity index (χ0n) is 18.8. The summed E-state index contributed by atoms with van der Waals surface area (Å²) in [4.78, 5) is 23.0. The van der Waals surface area contributed by atoms with Gasteiger partial charge in [0, 0.05) is 17.6 Å². The van der Waals surface area contributed by atoms with Gasteiger partial charge in [0.05, 0.1) is 0 Å². The first-order chi connectivity index (χ1) is 15.5. The van der Waals surface area contributed by atoms with Crippen LogP contribution in [0.3, 0.4) is 0 Å². The molecule has 0 N–H and O–H groups in total. The third-order valence-electron chi connectivity index (χ3n) is 6.51. The third kappa shape index (κ3) is 5.56. The van der Waals surface area contributed by atoms with Crippen LogP contribution in [-0.4, -0.2) is 11.9 Å². The van der Waals surface area contributed by atoms with E-state index in [0.29, 0.717) is 11.5 Å². The van der Waals surface area contributed by atoms with Gasteiger partial charge < -0.3 is 9.47 Å². The Morgan fingerprint density at radius 2 is 1.31 bits per heavy atom. The minimum Gasteiger partial charge on any atom is -0.423 e. The molecule has 0 aromatic heterocycles. The number of benzene rings is 2. The first-order valence-electron chi connectivity index (χ1n) is 11.4. The zero-order chi connectivity index (χ0) is 23.0. The van der Waals surface area contributed by atoms with Gasteiger partial charge in [-0.05, 0) is 67.0 Å². The molecule has 1 fully saturated rings. The fraction of sp³-hybridized carbons (Fsp3) is 0.357. The van der Waals surface area contributed by atoms with Crippen LogP contribution in [0.1, 0.15) is 63.0 Å². The Morgan fingerprint density at radius 1 is 0.875 bits per heavy atom. The molecule has 0 amide bonds. The molecule has 0 unspecified atom stereocenters. The average Bonchev–Trinajstić information content (AvgIpc) is 2.84. The molecule has 168 valence electrons. The van der Waals surface area contributed by atoms with Crippen LogP contribution < -0.4 is 9.47 Å². The lowest BCUT2D eigenvalue weighted by Crippen LogP contribution is -2.33. The van der Waals surface area contributed by atoms with Crippen molar-refractivity contribution in [1.29, 1.82) is 0 Å². The predicted octanol–water partition coefficient (Wildman–Crippen LogP) is 6.54. The van der Waals surface area contributed by atoms with E-state index in [1.165, 1.54) is 43.2 Å². The van der Waals surface area contributed by atoms with Crippen LogP contribution in [-0.2, 0) is 15.0 Å². The molecule has 1 aliphatic rings. The van der Waals surface area contributed by atoms with E-state index in [1.54, 1.807) is 0 Å². The van der Waals surface area contributed by atoms with Crippen molar-refractivity contribution >= 4 is 11.9 Å². The second kappa shape index (κ2) is 10.9. The van der Waals surface area contributed by atoms with Gasteiger partial charge >= 0.3 is 11.9 Å². The largest absolute Gasteiger partial charge is 0.423 e. The van der Waals surface area contributed by atoms with Gasteiger partial charge in [0.1, 0.15) is 11.5 Å². The number of carbonyl (C=O) groups is 2. The highest BCUT2D eigenvalue weighted by molar-refractivity contribution is 5.83. The monoisotopic (exact) mass is 432 g/mol. The van der Waals surface area contributed by atoms with Gasteiger partial charge in [-0.2, -0.15) is 0 Å². The number of ether oxygens (including phenoxy) is 2. The van der Waals surface area contributed by atoms with Crippen LogP contribution in [0.4, 0.5) is 0 Å². The lowest BCUT2D eigenvalue weighted by molar-refractivity contribution is -0.129. The van der Waals surface area contributed by atoms with E-state index in [2.05, 4.69) is 44.3 Å². The van der Waals surface area contributed by atoms with Crippen molar-refractivity contribution in [1.82, 2.24) is 0 Å². The van der Waals surface area contributed by atoms with Crippen molar-refractivity contribution in [2.24, 2.45) is 5.92 Å². The molecule has 0 aliphatic heterocycles. The molecule has 0 heterocycles. The maximum absolute atomic E-state index is 11.5. The standard InChI is InChI=1S/C28H32O4/c1-4-7-8-21-17-19-28(20-18-21,22-9-13-24(14-10-22)31-26(29)5-2)23-11-15-25(16-12-23)32-27(30)6-3/h5-6,9-16,21H,2-4,7-8,17-20H2,1H3. The van der Waals surface area contributed by atoms with Gasteiger partial charge in [0.15, 0.2) is 0 Å². The van der Waals surface area contributed by atoms with Gasteiger partial charge in [-0.25, -0.2) is 9.59 Å². The molecule has 32 heavy (non-hydrogen) atoms. The molecule has 0 bridgehead atoms. The predicted molar refractivity (Wildman–Crippen MR) is 127 cm³/mol. The van der Waals surface area contributed by atoms with E-state index in [-0.39, 0.29) is 5.41 Å². The molecule has 4 nitrogen and oxygen atoms in total. The fourth-order valence-corrected chi connectivity index (χ4v) is 4.70. The summed E-state index contributed by atoms with van der Waals surface area (Å²) in [5, 5.41) is 0. The fourth-order valence-electron chi connectivity index (χ4n) is 4.70. The Hall–Kier alpha value is -3.14. The van der Waals surface area contributed by atoms with E-state index >= 15 is 0 Å². The number of hydrogen-bond acceptors (Lipinski definition) is 4. The number of carbonyl (C=O) groups excluding carboxylic acids is 2. The number of unbranched alkanes of at least 4 members (excludes halogenated alkanes) is 1. The van der Waals surface area contributed by atoms with Crippen molar-refractivity contribution in [2.45, 2.75) is 57.3 Å². The smallest absolute Gasteiger partial charge is 0.335 e. The number of esters is 2. The quantitative estimate of drug-likeness (QED) is 0.257. The Kier molecular flexibility index (Phi) is 8.04. The van der Waals surface area contributed by atoms with E-state index in [1.807, 2.05) is 24.3 Å². The third-order valence-corrected chi connectivity index (χ3v) is 6.51. The summed E-state index contributed by atoms with van der Waals surface area (Å²) in [5.41, 5.74) is 2.30. The molecule has 2 aromatic rings. The van der Waals surface area contributed by atoms with E-state index in [9.17, 15) is 9.59 Å². The van der Waals surface area contributed by atoms with Crippen LogP contribution in [0.5, 0.6) is 11.5 Å². The Labute approximate surface area is 190 Å². The van der Waals surface area contributed by atoms with Crippen LogP contribution in [0, 0.1) is 5.92 Å². The van der Waals surface area contributed by atoms with E-state index < -0.39 is 11.9 Å². The summed E-state index contributed by atoms with van der Waals surface area (Å²) >= 11 is 0. The Balaban J connectivity index is 1.89. The summed E-state index contributed by atoms with van der Waals surface area (Å²) < 4.78 is 10.5. The summed E-state index contributed by atoms with van der Waals surface area (Å²) in [6.07, 6.45) is 10.6. The SMILES string of the molecule is C=CC(=O)Oc1ccc(C2(c3ccc(OC(=O)C=C)cc3)CCC(CCCC)CC2)cc1. The molecule has 0 atom stereocenters. The molecule has 0 spiro atoms. The average molecular weight is 433 g/mol. The van der Waals surface area contributed by atoms with Gasteiger partial charge in [0.25, 0.3) is 0 Å². The Bertz CT molecular complexity index is 865.